The van der Waals surface area contributed by atoms with E-state index in [2.05, 4.69) is 22.3 Å². The number of nitrogens with one attached hydrogen (secondary N) is 1. The maximum atomic E-state index is 12.0. The Bertz CT molecular complexity index is 865. The molecule has 0 aliphatic carbocycles. The Kier molecular flexibility index (Phi) is 6.82. The van der Waals surface area contributed by atoms with Gasteiger partial charge in [-0.15, -0.1) is 0 Å². The fourth-order valence-corrected chi connectivity index (χ4v) is 3.37. The molecule has 1 N–H and O–H groups in total. The summed E-state index contributed by atoms with van der Waals surface area (Å²) < 4.78 is 10.4. The Hall–Kier alpha value is -2.93. The van der Waals surface area contributed by atoms with E-state index in [4.69, 9.17) is 21.1 Å². The fourth-order valence-electron chi connectivity index (χ4n) is 3.20. The lowest BCUT2D eigenvalue weighted by Gasteiger charge is -2.35. The van der Waals surface area contributed by atoms with Crippen LogP contribution in [0.3, 0.4) is 0 Å². The van der Waals surface area contributed by atoms with Gasteiger partial charge in [-0.1, -0.05) is 23.7 Å². The van der Waals surface area contributed by atoms with Crippen molar-refractivity contribution in [3.05, 3.63) is 47.5 Å². The third-order valence-electron chi connectivity index (χ3n) is 4.85. The summed E-state index contributed by atoms with van der Waals surface area (Å²) in [6.45, 7) is 2.20. The lowest BCUT2D eigenvalue weighted by molar-refractivity contribution is -0.123. The van der Waals surface area contributed by atoms with Crippen molar-refractivity contribution in [3.8, 4) is 16.9 Å². The minimum absolute atomic E-state index is 0.260. The molecular weight excluding hydrogens is 394 g/mol. The van der Waals surface area contributed by atoms with Crippen molar-refractivity contribution >= 4 is 29.3 Å². The number of piperazine rings is 1. The van der Waals surface area contributed by atoms with E-state index in [1.165, 1.54) is 7.05 Å². The van der Waals surface area contributed by atoms with Crippen LogP contribution in [-0.4, -0.2) is 63.8 Å². The molecular formula is C21H24ClN3O4. The number of hydrogen-bond donors (Lipinski definition) is 1. The van der Waals surface area contributed by atoms with Crippen molar-refractivity contribution in [2.75, 3.05) is 51.8 Å². The van der Waals surface area contributed by atoms with Gasteiger partial charge in [0.2, 0.25) is 0 Å². The maximum Gasteiger partial charge on any atom is 0.410 e. The first-order chi connectivity index (χ1) is 14.0. The molecule has 29 heavy (non-hydrogen) atoms. The predicted octanol–water partition coefficient (Wildman–Crippen LogP) is 3.02. The number of ether oxygens (including phenoxy) is 2. The Balaban J connectivity index is 1.60. The number of benzene rings is 2. The van der Waals surface area contributed by atoms with Gasteiger partial charge in [-0.25, -0.2) is 4.79 Å². The number of halogens is 1. The first-order valence-electron chi connectivity index (χ1n) is 9.33. The summed E-state index contributed by atoms with van der Waals surface area (Å²) in [6.07, 6.45) is -0.461. The Morgan fingerprint density at radius 3 is 2.38 bits per heavy atom. The summed E-state index contributed by atoms with van der Waals surface area (Å²) in [6, 6.07) is 13.7. The van der Waals surface area contributed by atoms with Crippen LogP contribution < -0.4 is 15.0 Å². The summed E-state index contributed by atoms with van der Waals surface area (Å²) >= 11 is 6.14. The molecule has 0 saturated carbocycles. The number of likely N-dealkylation sites (N-methyl/N-ethyl adjacent to an activating group) is 1. The van der Waals surface area contributed by atoms with Crippen LogP contribution in [0.4, 0.5) is 10.5 Å². The van der Waals surface area contributed by atoms with Gasteiger partial charge < -0.3 is 24.6 Å². The SMILES string of the molecule is CNC(=O)COC(=O)N1CCN(c2ccc(-c3cc(Cl)ccc3OC)cc2)CC1. The molecule has 3 rings (SSSR count). The van der Waals surface area contributed by atoms with Crippen molar-refractivity contribution in [1.82, 2.24) is 10.2 Å². The average molecular weight is 418 g/mol. The average Bonchev–Trinajstić information content (AvgIpc) is 2.77. The molecule has 8 heteroatoms. The zero-order chi connectivity index (χ0) is 20.8. The molecule has 0 unspecified atom stereocenters. The van der Waals surface area contributed by atoms with Crippen molar-refractivity contribution in [2.45, 2.75) is 0 Å². The minimum atomic E-state index is -0.461. The molecule has 7 nitrogen and oxygen atoms in total. The lowest BCUT2D eigenvalue weighted by atomic mass is 10.0. The number of carbonyl (C=O) groups excluding carboxylic acids is 2. The highest BCUT2D eigenvalue weighted by molar-refractivity contribution is 6.31. The van der Waals surface area contributed by atoms with Gasteiger partial charge in [0.1, 0.15) is 5.75 Å². The largest absolute Gasteiger partial charge is 0.496 e. The molecule has 0 spiro atoms. The second-order valence-corrected chi connectivity index (χ2v) is 7.03. The summed E-state index contributed by atoms with van der Waals surface area (Å²) in [7, 11) is 3.14. The van der Waals surface area contributed by atoms with E-state index in [9.17, 15) is 9.59 Å². The van der Waals surface area contributed by atoms with Gasteiger partial charge in [-0.2, -0.15) is 0 Å². The van der Waals surface area contributed by atoms with E-state index in [0.29, 0.717) is 31.2 Å². The molecule has 2 aromatic carbocycles. The Morgan fingerprint density at radius 1 is 1.07 bits per heavy atom. The molecule has 1 fully saturated rings. The molecule has 0 radical (unpaired) electrons. The van der Waals surface area contributed by atoms with Gasteiger partial charge in [0, 0.05) is 49.5 Å². The molecule has 2 amide bonds. The highest BCUT2D eigenvalue weighted by atomic mass is 35.5. The number of methoxy groups -OCH3 is 1. The number of nitrogens with zero attached hydrogens (tertiary/aromatic N) is 2. The molecule has 0 aromatic heterocycles. The number of rotatable bonds is 5. The van der Waals surface area contributed by atoms with Gasteiger partial charge in [0.25, 0.3) is 5.91 Å². The smallest absolute Gasteiger partial charge is 0.410 e. The predicted molar refractivity (Wildman–Crippen MR) is 113 cm³/mol. The zero-order valence-corrected chi connectivity index (χ0v) is 17.2. The highest BCUT2D eigenvalue weighted by Gasteiger charge is 2.23. The number of amides is 2. The summed E-state index contributed by atoms with van der Waals surface area (Å²) in [4.78, 5) is 27.1. The standard InChI is InChI=1S/C21H24ClN3O4/c1-23-20(26)14-29-21(27)25-11-9-24(10-12-25)17-6-3-15(4-7-17)18-13-16(22)5-8-19(18)28-2/h3-8,13H,9-12,14H2,1-2H3,(H,23,26). The normalized spacial score (nSPS) is 13.8. The van der Waals surface area contributed by atoms with Crippen LogP contribution in [0.15, 0.2) is 42.5 Å². The van der Waals surface area contributed by atoms with Gasteiger partial charge in [-0.3, -0.25) is 4.79 Å². The fraction of sp³-hybridized carbons (Fsp3) is 0.333. The van der Waals surface area contributed by atoms with E-state index in [1.807, 2.05) is 24.3 Å². The molecule has 1 saturated heterocycles. The van der Waals surface area contributed by atoms with Crippen molar-refractivity contribution < 1.29 is 19.1 Å². The van der Waals surface area contributed by atoms with Gasteiger partial charge in [-0.05, 0) is 35.9 Å². The lowest BCUT2D eigenvalue weighted by Crippen LogP contribution is -2.49. The van der Waals surface area contributed by atoms with Gasteiger partial charge in [0.05, 0.1) is 7.11 Å². The second-order valence-electron chi connectivity index (χ2n) is 6.59. The second kappa shape index (κ2) is 9.52. The molecule has 0 atom stereocenters. The monoisotopic (exact) mass is 417 g/mol. The van der Waals surface area contributed by atoms with E-state index in [-0.39, 0.29) is 12.5 Å². The molecule has 0 bridgehead atoms. The zero-order valence-electron chi connectivity index (χ0n) is 16.5. The molecule has 1 aliphatic rings. The molecule has 1 aliphatic heterocycles. The van der Waals surface area contributed by atoms with E-state index >= 15 is 0 Å². The van der Waals surface area contributed by atoms with Gasteiger partial charge in [0.15, 0.2) is 6.61 Å². The van der Waals surface area contributed by atoms with Crippen molar-refractivity contribution in [1.29, 1.82) is 0 Å². The van der Waals surface area contributed by atoms with Crippen LogP contribution in [0.2, 0.25) is 5.02 Å². The van der Waals surface area contributed by atoms with Crippen LogP contribution in [0, 0.1) is 0 Å². The Morgan fingerprint density at radius 2 is 1.76 bits per heavy atom. The topological polar surface area (TPSA) is 71.1 Å². The third-order valence-corrected chi connectivity index (χ3v) is 5.08. The van der Waals surface area contributed by atoms with E-state index in [1.54, 1.807) is 18.1 Å². The number of anilines is 1. The van der Waals surface area contributed by atoms with Crippen molar-refractivity contribution in [2.24, 2.45) is 0 Å². The van der Waals surface area contributed by atoms with Crippen LogP contribution in [0.1, 0.15) is 0 Å². The number of hydrogen-bond acceptors (Lipinski definition) is 5. The third kappa shape index (κ3) is 5.12. The highest BCUT2D eigenvalue weighted by Crippen LogP contribution is 2.33. The van der Waals surface area contributed by atoms with Crippen molar-refractivity contribution in [3.63, 3.8) is 0 Å². The molecule has 154 valence electrons. The Labute approximate surface area is 175 Å². The minimum Gasteiger partial charge on any atom is -0.496 e. The maximum absolute atomic E-state index is 12.0. The quantitative estimate of drug-likeness (QED) is 0.809. The summed E-state index contributed by atoms with van der Waals surface area (Å²) in [5, 5.41) is 3.08. The first kappa shape index (κ1) is 20.8. The van der Waals surface area contributed by atoms with E-state index < -0.39 is 6.09 Å². The van der Waals surface area contributed by atoms with Crippen LogP contribution >= 0.6 is 11.6 Å². The van der Waals surface area contributed by atoms with Crippen LogP contribution in [0.5, 0.6) is 5.75 Å². The first-order valence-corrected chi connectivity index (χ1v) is 9.71. The van der Waals surface area contributed by atoms with Crippen LogP contribution in [-0.2, 0) is 9.53 Å². The molecule has 2 aromatic rings. The summed E-state index contributed by atoms with van der Waals surface area (Å²) in [5.74, 6) is 0.444. The number of carbonyl (C=O) groups is 2. The summed E-state index contributed by atoms with van der Waals surface area (Å²) in [5.41, 5.74) is 3.04. The van der Waals surface area contributed by atoms with Gasteiger partial charge >= 0.3 is 6.09 Å². The van der Waals surface area contributed by atoms with Crippen LogP contribution in [0.25, 0.3) is 11.1 Å². The molecule has 1 heterocycles. The van der Waals surface area contributed by atoms with E-state index in [0.717, 1.165) is 22.6 Å².